The number of carbonyl (C=O) groups is 1. The fraction of sp³-hybridized carbons (Fsp3) is 0.208. The summed E-state index contributed by atoms with van der Waals surface area (Å²) in [5.74, 6) is -1.97. The van der Waals surface area contributed by atoms with Gasteiger partial charge in [0.1, 0.15) is 0 Å². The van der Waals surface area contributed by atoms with Gasteiger partial charge in [-0.05, 0) is 42.8 Å². The maximum absolute atomic E-state index is 14.5. The van der Waals surface area contributed by atoms with Crippen molar-refractivity contribution in [2.24, 2.45) is 5.73 Å². The molecule has 2 heterocycles. The lowest BCUT2D eigenvalue weighted by molar-refractivity contribution is 0.0919. The number of nitrogens with one attached hydrogen (secondary N) is 2. The van der Waals surface area contributed by atoms with Crippen LogP contribution in [0.25, 0.3) is 16.9 Å². The minimum atomic E-state index is -1.12. The molecule has 0 saturated carbocycles. The van der Waals surface area contributed by atoms with Gasteiger partial charge in [0, 0.05) is 42.3 Å². The molecular weight excluding hydrogens is 478 g/mol. The van der Waals surface area contributed by atoms with Gasteiger partial charge in [-0.25, -0.2) is 18.7 Å². The third-order valence-electron chi connectivity index (χ3n) is 5.27. The number of amides is 1. The van der Waals surface area contributed by atoms with E-state index in [0.29, 0.717) is 54.7 Å². The maximum Gasteiger partial charge on any atom is 0.251 e. The van der Waals surface area contributed by atoms with Crippen LogP contribution in [-0.2, 0) is 4.74 Å². The summed E-state index contributed by atoms with van der Waals surface area (Å²) in [6, 6.07) is 7.95. The van der Waals surface area contributed by atoms with Crippen molar-refractivity contribution in [2.45, 2.75) is 6.92 Å². The van der Waals surface area contributed by atoms with Gasteiger partial charge in [0.15, 0.2) is 23.1 Å². The SMILES string of the molecule is Cc1cc(Nc2nccn3c(-c4ccc(Cl)c(F)c4F)cnc23)ccc1C(=O)NCCOCCN. The number of benzene rings is 2. The van der Waals surface area contributed by atoms with Crippen molar-refractivity contribution in [2.75, 3.05) is 31.6 Å². The second-order valence-corrected chi connectivity index (χ2v) is 8.05. The quantitative estimate of drug-likeness (QED) is 0.236. The topological polar surface area (TPSA) is 107 Å². The van der Waals surface area contributed by atoms with E-state index >= 15 is 0 Å². The van der Waals surface area contributed by atoms with Gasteiger partial charge in [0.05, 0.1) is 30.1 Å². The first-order valence-corrected chi connectivity index (χ1v) is 11.2. The maximum atomic E-state index is 14.5. The second kappa shape index (κ2) is 10.8. The van der Waals surface area contributed by atoms with E-state index in [4.69, 9.17) is 22.1 Å². The highest BCUT2D eigenvalue weighted by molar-refractivity contribution is 6.30. The molecule has 0 saturated heterocycles. The third kappa shape index (κ3) is 5.24. The van der Waals surface area contributed by atoms with E-state index in [2.05, 4.69) is 20.6 Å². The predicted octanol–water partition coefficient (Wildman–Crippen LogP) is 4.09. The largest absolute Gasteiger partial charge is 0.378 e. The summed E-state index contributed by atoms with van der Waals surface area (Å²) < 4.78 is 35.4. The van der Waals surface area contributed by atoms with Gasteiger partial charge in [-0.15, -0.1) is 0 Å². The first-order chi connectivity index (χ1) is 16.9. The van der Waals surface area contributed by atoms with Crippen LogP contribution in [0.15, 0.2) is 48.9 Å². The number of hydrogen-bond donors (Lipinski definition) is 3. The highest BCUT2D eigenvalue weighted by Crippen LogP contribution is 2.30. The van der Waals surface area contributed by atoms with Crippen molar-refractivity contribution in [3.05, 3.63) is 76.7 Å². The van der Waals surface area contributed by atoms with Crippen LogP contribution in [0.1, 0.15) is 15.9 Å². The Morgan fingerprint density at radius 2 is 2.00 bits per heavy atom. The molecule has 8 nitrogen and oxygen atoms in total. The van der Waals surface area contributed by atoms with Crippen LogP contribution < -0.4 is 16.4 Å². The van der Waals surface area contributed by atoms with Crippen LogP contribution in [0.5, 0.6) is 0 Å². The van der Waals surface area contributed by atoms with Crippen LogP contribution >= 0.6 is 11.6 Å². The van der Waals surface area contributed by atoms with Crippen molar-refractivity contribution < 1.29 is 18.3 Å². The molecule has 0 atom stereocenters. The molecule has 11 heteroatoms. The van der Waals surface area contributed by atoms with Crippen LogP contribution in [0.3, 0.4) is 0 Å². The Kier molecular flexibility index (Phi) is 7.54. The van der Waals surface area contributed by atoms with E-state index < -0.39 is 11.6 Å². The molecule has 4 rings (SSSR count). The molecule has 35 heavy (non-hydrogen) atoms. The number of imidazole rings is 1. The normalized spacial score (nSPS) is 11.1. The highest BCUT2D eigenvalue weighted by atomic mass is 35.5. The minimum Gasteiger partial charge on any atom is -0.378 e. The minimum absolute atomic E-state index is 0.0242. The summed E-state index contributed by atoms with van der Waals surface area (Å²) in [5.41, 5.74) is 8.11. The molecule has 0 unspecified atom stereocenters. The smallest absolute Gasteiger partial charge is 0.251 e. The molecule has 0 aliphatic heterocycles. The molecular formula is C24H23ClF2N6O2. The first kappa shape index (κ1) is 24.5. The lowest BCUT2D eigenvalue weighted by Gasteiger charge is -2.12. The van der Waals surface area contributed by atoms with Crippen molar-refractivity contribution >= 4 is 34.7 Å². The van der Waals surface area contributed by atoms with Gasteiger partial charge < -0.3 is 21.1 Å². The number of anilines is 2. The summed E-state index contributed by atoms with van der Waals surface area (Å²) >= 11 is 5.68. The fourth-order valence-corrected chi connectivity index (χ4v) is 3.73. The van der Waals surface area contributed by atoms with E-state index in [0.717, 1.165) is 5.56 Å². The number of rotatable bonds is 9. The average molecular weight is 501 g/mol. The van der Waals surface area contributed by atoms with Crippen LogP contribution in [0, 0.1) is 18.6 Å². The zero-order valence-corrected chi connectivity index (χ0v) is 19.6. The summed E-state index contributed by atoms with van der Waals surface area (Å²) in [5, 5.41) is 5.68. The summed E-state index contributed by atoms with van der Waals surface area (Å²) in [6.07, 6.45) is 4.56. The molecule has 0 spiro atoms. The van der Waals surface area contributed by atoms with E-state index in [9.17, 15) is 13.6 Å². The predicted molar refractivity (Wildman–Crippen MR) is 130 cm³/mol. The van der Waals surface area contributed by atoms with Gasteiger partial charge in [0.25, 0.3) is 5.91 Å². The average Bonchev–Trinajstić information content (AvgIpc) is 3.27. The van der Waals surface area contributed by atoms with E-state index in [1.54, 1.807) is 22.7 Å². The number of halogens is 3. The summed E-state index contributed by atoms with van der Waals surface area (Å²) in [7, 11) is 0. The Balaban J connectivity index is 1.54. The van der Waals surface area contributed by atoms with E-state index in [-0.39, 0.29) is 16.5 Å². The van der Waals surface area contributed by atoms with Gasteiger partial charge in [-0.1, -0.05) is 11.6 Å². The monoisotopic (exact) mass is 500 g/mol. The Bertz CT molecular complexity index is 1380. The number of ether oxygens (including phenoxy) is 1. The molecule has 4 N–H and O–H groups in total. The van der Waals surface area contributed by atoms with Crippen molar-refractivity contribution in [3.8, 4) is 11.3 Å². The van der Waals surface area contributed by atoms with Crippen LogP contribution in [0.2, 0.25) is 5.02 Å². The Morgan fingerprint density at radius 1 is 1.17 bits per heavy atom. The molecule has 0 aliphatic carbocycles. The summed E-state index contributed by atoms with van der Waals surface area (Å²) in [4.78, 5) is 21.1. The molecule has 0 radical (unpaired) electrons. The van der Waals surface area contributed by atoms with Gasteiger partial charge in [-0.2, -0.15) is 0 Å². The van der Waals surface area contributed by atoms with Crippen molar-refractivity contribution in [3.63, 3.8) is 0 Å². The van der Waals surface area contributed by atoms with Gasteiger partial charge in [0.2, 0.25) is 0 Å². The van der Waals surface area contributed by atoms with Crippen LogP contribution in [-0.4, -0.2) is 46.6 Å². The molecule has 2 aromatic carbocycles. The number of aryl methyl sites for hydroxylation is 1. The highest BCUT2D eigenvalue weighted by Gasteiger charge is 2.18. The number of nitrogens with two attached hydrogens (primary N) is 1. The lowest BCUT2D eigenvalue weighted by atomic mass is 10.1. The Labute approximate surface area is 205 Å². The van der Waals surface area contributed by atoms with Gasteiger partial charge in [-0.3, -0.25) is 9.20 Å². The molecule has 182 valence electrons. The Hall–Kier alpha value is -3.60. The number of hydrogen-bond acceptors (Lipinski definition) is 6. The standard InChI is InChI=1S/C24H23ClF2N6O2/c1-14-12-15(2-3-16(14)24(34)30-8-11-35-10-6-28)32-22-23-31-13-19(33(23)9-7-29-22)17-4-5-18(25)21(27)20(17)26/h2-5,7,9,12-13H,6,8,10-11,28H2,1H3,(H,29,32)(H,30,34). The molecule has 1 amide bonds. The number of aromatic nitrogens is 3. The molecule has 0 fully saturated rings. The van der Waals surface area contributed by atoms with E-state index in [1.165, 1.54) is 24.5 Å². The lowest BCUT2D eigenvalue weighted by Crippen LogP contribution is -2.28. The first-order valence-electron chi connectivity index (χ1n) is 10.8. The molecule has 0 bridgehead atoms. The van der Waals surface area contributed by atoms with Crippen molar-refractivity contribution in [1.29, 1.82) is 0 Å². The molecule has 4 aromatic rings. The van der Waals surface area contributed by atoms with Crippen LogP contribution in [0.4, 0.5) is 20.3 Å². The second-order valence-electron chi connectivity index (χ2n) is 7.65. The zero-order chi connectivity index (χ0) is 24.9. The van der Waals surface area contributed by atoms with E-state index in [1.807, 2.05) is 13.0 Å². The Morgan fingerprint density at radius 3 is 2.77 bits per heavy atom. The number of carbonyl (C=O) groups excluding carboxylic acids is 1. The third-order valence-corrected chi connectivity index (χ3v) is 5.56. The molecule has 0 aliphatic rings. The molecule has 2 aromatic heterocycles. The summed E-state index contributed by atoms with van der Waals surface area (Å²) in [6.45, 7) is 3.46. The zero-order valence-electron chi connectivity index (χ0n) is 18.8. The van der Waals surface area contributed by atoms with Crippen molar-refractivity contribution in [1.82, 2.24) is 19.7 Å². The number of fused-ring (bicyclic) bond motifs is 1. The number of nitrogens with zero attached hydrogens (tertiary/aromatic N) is 3. The fourth-order valence-electron chi connectivity index (χ4n) is 3.58. The van der Waals surface area contributed by atoms with Gasteiger partial charge >= 0.3 is 0 Å².